The smallest absolute Gasteiger partial charge is 0.304 e. The molecular weight excluding hydrogens is 361 g/mol. The number of carbonyl (C=O) groups is 2. The van der Waals surface area contributed by atoms with Crippen LogP contribution >= 0.6 is 31.9 Å². The maximum Gasteiger partial charge on any atom is 0.304 e. The Morgan fingerprint density at radius 3 is 1.15 bits per heavy atom. The average molecular weight is 371 g/mol. The SMILES string of the molecule is O=C(O)CCBr.O=C(O)CCBr.[Zn]. The third-order valence-electron chi connectivity index (χ3n) is 0.617. The topological polar surface area (TPSA) is 74.6 Å². The molecule has 0 saturated carbocycles. The van der Waals surface area contributed by atoms with Crippen LogP contribution in [-0.2, 0) is 29.1 Å². The number of hydrogen-bond acceptors (Lipinski definition) is 2. The molecule has 0 atom stereocenters. The molecule has 4 nitrogen and oxygen atoms in total. The summed E-state index contributed by atoms with van der Waals surface area (Å²) >= 11 is 5.94. The van der Waals surface area contributed by atoms with Crippen molar-refractivity contribution < 1.29 is 39.3 Å². The van der Waals surface area contributed by atoms with Gasteiger partial charge in [-0.25, -0.2) is 0 Å². The molecule has 0 saturated heterocycles. The van der Waals surface area contributed by atoms with Crippen molar-refractivity contribution in [3.63, 3.8) is 0 Å². The maximum absolute atomic E-state index is 9.57. The van der Waals surface area contributed by atoms with Crippen molar-refractivity contribution in [1.82, 2.24) is 0 Å². The van der Waals surface area contributed by atoms with Crippen molar-refractivity contribution in [2.24, 2.45) is 0 Å². The molecule has 0 aromatic heterocycles. The standard InChI is InChI=1S/2C3H5BrO2.Zn/c2*4-2-1-3(5)6;/h2*1-2H2,(H,5,6);. The number of hydrogen-bond donors (Lipinski definition) is 2. The molecule has 0 aromatic carbocycles. The van der Waals surface area contributed by atoms with E-state index in [0.29, 0.717) is 10.7 Å². The number of halogens is 2. The summed E-state index contributed by atoms with van der Waals surface area (Å²) in [5, 5.41) is 16.9. The third kappa shape index (κ3) is 32.6. The fourth-order valence-corrected chi connectivity index (χ4v) is 0.840. The van der Waals surface area contributed by atoms with Crippen LogP contribution in [0.5, 0.6) is 0 Å². The summed E-state index contributed by atoms with van der Waals surface area (Å²) in [6.45, 7) is 0. The number of carboxylic acids is 2. The normalized spacial score (nSPS) is 7.54. The molecule has 0 fully saturated rings. The van der Waals surface area contributed by atoms with E-state index in [2.05, 4.69) is 31.9 Å². The second-order valence-electron chi connectivity index (χ2n) is 1.67. The quantitative estimate of drug-likeness (QED) is 0.583. The van der Waals surface area contributed by atoms with Crippen LogP contribution < -0.4 is 0 Å². The monoisotopic (exact) mass is 368 g/mol. The summed E-state index contributed by atoms with van der Waals surface area (Å²) in [4.78, 5) is 19.1. The van der Waals surface area contributed by atoms with Crippen LogP contribution in [0.1, 0.15) is 12.8 Å². The first-order chi connectivity index (χ1) is 5.54. The molecule has 0 aliphatic carbocycles. The molecule has 0 aliphatic heterocycles. The minimum atomic E-state index is -0.758. The van der Waals surface area contributed by atoms with Gasteiger partial charge in [0.25, 0.3) is 0 Å². The van der Waals surface area contributed by atoms with Gasteiger partial charge >= 0.3 is 11.9 Å². The van der Waals surface area contributed by atoms with E-state index in [1.54, 1.807) is 0 Å². The Bertz CT molecular complexity index is 127. The van der Waals surface area contributed by atoms with Gasteiger partial charge < -0.3 is 10.2 Å². The van der Waals surface area contributed by atoms with Crippen molar-refractivity contribution in [3.05, 3.63) is 0 Å². The molecule has 13 heavy (non-hydrogen) atoms. The zero-order chi connectivity index (χ0) is 9.98. The van der Waals surface area contributed by atoms with E-state index < -0.39 is 11.9 Å². The fraction of sp³-hybridized carbons (Fsp3) is 0.667. The van der Waals surface area contributed by atoms with Gasteiger partial charge in [0, 0.05) is 30.1 Å². The van der Waals surface area contributed by atoms with Crippen LogP contribution in [0.15, 0.2) is 0 Å². The molecule has 0 radical (unpaired) electrons. The molecule has 0 rings (SSSR count). The Balaban J connectivity index is -0.000000143. The van der Waals surface area contributed by atoms with Crippen molar-refractivity contribution >= 4 is 43.8 Å². The zero-order valence-corrected chi connectivity index (χ0v) is 13.1. The summed E-state index contributed by atoms with van der Waals surface area (Å²) in [7, 11) is 0. The van der Waals surface area contributed by atoms with E-state index in [0.717, 1.165) is 0 Å². The number of rotatable bonds is 4. The van der Waals surface area contributed by atoms with E-state index in [4.69, 9.17) is 10.2 Å². The van der Waals surface area contributed by atoms with Crippen LogP contribution in [0.2, 0.25) is 0 Å². The van der Waals surface area contributed by atoms with Crippen LogP contribution in [0.3, 0.4) is 0 Å². The van der Waals surface area contributed by atoms with Gasteiger partial charge in [-0.1, -0.05) is 31.9 Å². The Labute approximate surface area is 106 Å². The molecule has 0 bridgehead atoms. The van der Waals surface area contributed by atoms with Crippen molar-refractivity contribution in [2.45, 2.75) is 12.8 Å². The van der Waals surface area contributed by atoms with Crippen molar-refractivity contribution in [2.75, 3.05) is 10.7 Å². The van der Waals surface area contributed by atoms with Gasteiger partial charge in [0.1, 0.15) is 0 Å². The summed E-state index contributed by atoms with van der Waals surface area (Å²) < 4.78 is 0. The Morgan fingerprint density at radius 2 is 1.15 bits per heavy atom. The van der Waals surface area contributed by atoms with Gasteiger partial charge in [0.15, 0.2) is 0 Å². The summed E-state index contributed by atoms with van der Waals surface area (Å²) in [5.41, 5.74) is 0. The number of aliphatic carboxylic acids is 2. The number of carboxylic acid groups (broad SMARTS) is 2. The molecule has 0 heterocycles. The maximum atomic E-state index is 9.57. The molecule has 2 N–H and O–H groups in total. The van der Waals surface area contributed by atoms with Gasteiger partial charge in [-0.05, 0) is 0 Å². The van der Waals surface area contributed by atoms with Crippen LogP contribution in [0.4, 0.5) is 0 Å². The second kappa shape index (κ2) is 15.0. The molecule has 0 aliphatic rings. The molecule has 0 spiro atoms. The van der Waals surface area contributed by atoms with Gasteiger partial charge in [-0.2, -0.15) is 0 Å². The third-order valence-corrected chi connectivity index (χ3v) is 1.41. The Kier molecular flexibility index (Phi) is 22.1. The van der Waals surface area contributed by atoms with E-state index in [9.17, 15) is 9.59 Å². The van der Waals surface area contributed by atoms with Gasteiger partial charge in [0.05, 0.1) is 12.8 Å². The largest absolute Gasteiger partial charge is 0.481 e. The first-order valence-corrected chi connectivity index (χ1v) is 5.34. The molecule has 0 aromatic rings. The van der Waals surface area contributed by atoms with E-state index in [-0.39, 0.29) is 32.3 Å². The minimum absolute atomic E-state index is 0. The molecule has 7 heteroatoms. The van der Waals surface area contributed by atoms with Crippen molar-refractivity contribution in [3.8, 4) is 0 Å². The summed E-state index contributed by atoms with van der Waals surface area (Å²) in [6.07, 6.45) is 0.417. The Hall–Kier alpha value is 0.523. The van der Waals surface area contributed by atoms with E-state index in [1.165, 1.54) is 0 Å². The second-order valence-corrected chi connectivity index (χ2v) is 3.25. The van der Waals surface area contributed by atoms with Crippen LogP contribution in [0, 0.1) is 0 Å². The molecule has 0 unspecified atom stereocenters. The molecule has 74 valence electrons. The Morgan fingerprint density at radius 1 is 0.923 bits per heavy atom. The first kappa shape index (κ1) is 19.2. The van der Waals surface area contributed by atoms with Crippen molar-refractivity contribution in [1.29, 1.82) is 0 Å². The minimum Gasteiger partial charge on any atom is -0.481 e. The first-order valence-electron chi connectivity index (χ1n) is 3.10. The van der Waals surface area contributed by atoms with Gasteiger partial charge in [-0.15, -0.1) is 0 Å². The fourth-order valence-electron chi connectivity index (χ4n) is 0.162. The predicted octanol–water partition coefficient (Wildman–Crippen LogP) is 1.71. The molecular formula is C6H10Br2O4Zn. The van der Waals surface area contributed by atoms with Crippen LogP contribution in [-0.4, -0.2) is 32.8 Å². The predicted molar refractivity (Wildman–Crippen MR) is 52.1 cm³/mol. The van der Waals surface area contributed by atoms with Crippen LogP contribution in [0.25, 0.3) is 0 Å². The van der Waals surface area contributed by atoms with E-state index >= 15 is 0 Å². The summed E-state index contributed by atoms with van der Waals surface area (Å²) in [6, 6.07) is 0. The number of alkyl halides is 2. The van der Waals surface area contributed by atoms with Gasteiger partial charge in [-0.3, -0.25) is 9.59 Å². The van der Waals surface area contributed by atoms with Gasteiger partial charge in [0.2, 0.25) is 0 Å². The average Bonchev–Trinajstić information content (AvgIpc) is 1.87. The summed E-state index contributed by atoms with van der Waals surface area (Å²) in [5.74, 6) is -1.52. The molecule has 0 amide bonds. The zero-order valence-electron chi connectivity index (χ0n) is 7.00. The van der Waals surface area contributed by atoms with E-state index in [1.807, 2.05) is 0 Å².